The van der Waals surface area contributed by atoms with E-state index in [0.717, 1.165) is 11.1 Å². The monoisotopic (exact) mass is 332 g/mol. The Labute approximate surface area is 144 Å². The van der Waals surface area contributed by atoms with Crippen LogP contribution in [0.3, 0.4) is 0 Å². The number of nitrogens with zero attached hydrogens (tertiary/aromatic N) is 2. The molecular formula is C20H16N2O3. The molecule has 1 fully saturated rings. The molecule has 5 heteroatoms. The number of rotatable bonds is 3. The lowest BCUT2D eigenvalue weighted by Gasteiger charge is -2.16. The van der Waals surface area contributed by atoms with Gasteiger partial charge in [-0.3, -0.25) is 14.6 Å². The molecule has 0 radical (unpaired) electrons. The minimum absolute atomic E-state index is 0.0656. The van der Waals surface area contributed by atoms with E-state index in [1.54, 1.807) is 17.2 Å². The van der Waals surface area contributed by atoms with E-state index in [0.29, 0.717) is 17.8 Å². The molecule has 5 nitrogen and oxygen atoms in total. The molecule has 0 spiro atoms. The fraction of sp³-hybridized carbons (Fsp3) is 0.150. The Morgan fingerprint density at radius 3 is 2.68 bits per heavy atom. The van der Waals surface area contributed by atoms with Gasteiger partial charge < -0.3 is 9.64 Å². The highest BCUT2D eigenvalue weighted by molar-refractivity contribution is 6.00. The fourth-order valence-corrected chi connectivity index (χ4v) is 3.07. The number of pyridine rings is 1. The van der Waals surface area contributed by atoms with Gasteiger partial charge in [0.2, 0.25) is 5.91 Å². The summed E-state index contributed by atoms with van der Waals surface area (Å²) < 4.78 is 5.56. The van der Waals surface area contributed by atoms with E-state index < -0.39 is 11.9 Å². The van der Waals surface area contributed by atoms with Gasteiger partial charge in [0.25, 0.3) is 0 Å². The standard InChI is InChI=1S/C20H16N2O3/c23-18-12-15(13-22(18)16-8-2-1-3-9-16)20(24)25-17-10-4-6-14-7-5-11-21-19(14)17/h1-11,15H,12-13H2/t15-/m0/s1. The average molecular weight is 332 g/mol. The van der Waals surface area contributed by atoms with E-state index in [1.165, 1.54) is 0 Å². The lowest BCUT2D eigenvalue weighted by atomic mass is 10.1. The molecule has 124 valence electrons. The predicted octanol–water partition coefficient (Wildman–Crippen LogP) is 3.19. The number of aromatic nitrogens is 1. The van der Waals surface area contributed by atoms with Crippen molar-refractivity contribution < 1.29 is 14.3 Å². The van der Waals surface area contributed by atoms with E-state index in [4.69, 9.17) is 4.74 Å². The maximum absolute atomic E-state index is 12.6. The molecule has 0 unspecified atom stereocenters. The van der Waals surface area contributed by atoms with E-state index in [9.17, 15) is 9.59 Å². The van der Waals surface area contributed by atoms with Crippen LogP contribution in [-0.4, -0.2) is 23.4 Å². The van der Waals surface area contributed by atoms with Crippen molar-refractivity contribution >= 4 is 28.5 Å². The third-order valence-electron chi connectivity index (χ3n) is 4.33. The molecule has 1 amide bonds. The van der Waals surface area contributed by atoms with Crippen molar-refractivity contribution in [1.82, 2.24) is 4.98 Å². The third-order valence-corrected chi connectivity index (χ3v) is 4.33. The number of amides is 1. The van der Waals surface area contributed by atoms with Crippen molar-refractivity contribution in [2.45, 2.75) is 6.42 Å². The molecule has 0 N–H and O–H groups in total. The molecule has 0 aliphatic carbocycles. The number of carbonyl (C=O) groups excluding carboxylic acids is 2. The first-order valence-corrected chi connectivity index (χ1v) is 8.13. The Balaban J connectivity index is 1.53. The van der Waals surface area contributed by atoms with E-state index >= 15 is 0 Å². The van der Waals surface area contributed by atoms with Gasteiger partial charge in [0.05, 0.1) is 5.92 Å². The Kier molecular flexibility index (Phi) is 3.90. The van der Waals surface area contributed by atoms with Crippen LogP contribution in [0.5, 0.6) is 5.75 Å². The highest BCUT2D eigenvalue weighted by atomic mass is 16.5. The minimum atomic E-state index is -0.480. The van der Waals surface area contributed by atoms with E-state index in [2.05, 4.69) is 4.98 Å². The van der Waals surface area contributed by atoms with Gasteiger partial charge in [-0.05, 0) is 24.3 Å². The first kappa shape index (κ1) is 15.3. The maximum atomic E-state index is 12.6. The van der Waals surface area contributed by atoms with Crippen molar-refractivity contribution in [2.24, 2.45) is 5.92 Å². The van der Waals surface area contributed by atoms with Crippen LogP contribution in [0.15, 0.2) is 66.9 Å². The predicted molar refractivity (Wildman–Crippen MR) is 94.3 cm³/mol. The van der Waals surface area contributed by atoms with Gasteiger partial charge in [0.1, 0.15) is 5.52 Å². The molecule has 1 saturated heterocycles. The summed E-state index contributed by atoms with van der Waals surface area (Å²) in [7, 11) is 0. The van der Waals surface area contributed by atoms with Crippen molar-refractivity contribution in [3.05, 3.63) is 66.9 Å². The molecule has 2 aromatic carbocycles. The minimum Gasteiger partial charge on any atom is -0.424 e. The number of esters is 1. The van der Waals surface area contributed by atoms with Gasteiger partial charge in [-0.2, -0.15) is 0 Å². The zero-order valence-corrected chi connectivity index (χ0v) is 13.5. The number of benzene rings is 2. The Hall–Kier alpha value is -3.21. The van der Waals surface area contributed by atoms with Crippen LogP contribution in [-0.2, 0) is 9.59 Å². The van der Waals surface area contributed by atoms with Crippen LogP contribution in [0, 0.1) is 5.92 Å². The highest BCUT2D eigenvalue weighted by Crippen LogP contribution is 2.28. The number of anilines is 1. The lowest BCUT2D eigenvalue weighted by Crippen LogP contribution is -2.27. The normalized spacial score (nSPS) is 17.0. The van der Waals surface area contributed by atoms with Crippen LogP contribution in [0.1, 0.15) is 6.42 Å². The number of fused-ring (bicyclic) bond motifs is 1. The Morgan fingerprint density at radius 1 is 1.04 bits per heavy atom. The summed E-state index contributed by atoms with van der Waals surface area (Å²) >= 11 is 0. The van der Waals surface area contributed by atoms with Crippen molar-refractivity contribution in [2.75, 3.05) is 11.4 Å². The van der Waals surface area contributed by atoms with Gasteiger partial charge >= 0.3 is 5.97 Å². The van der Waals surface area contributed by atoms with Crippen molar-refractivity contribution in [3.8, 4) is 5.75 Å². The zero-order valence-electron chi connectivity index (χ0n) is 13.5. The van der Waals surface area contributed by atoms with Crippen LogP contribution in [0.4, 0.5) is 5.69 Å². The highest BCUT2D eigenvalue weighted by Gasteiger charge is 2.36. The smallest absolute Gasteiger partial charge is 0.316 e. The van der Waals surface area contributed by atoms with Crippen molar-refractivity contribution in [3.63, 3.8) is 0 Å². The molecule has 0 saturated carbocycles. The number of para-hydroxylation sites is 2. The van der Waals surface area contributed by atoms with Gasteiger partial charge in [-0.25, -0.2) is 0 Å². The number of hydrogen-bond acceptors (Lipinski definition) is 4. The number of hydrogen-bond donors (Lipinski definition) is 0. The maximum Gasteiger partial charge on any atom is 0.316 e. The second kappa shape index (κ2) is 6.36. The fourth-order valence-electron chi connectivity index (χ4n) is 3.07. The summed E-state index contributed by atoms with van der Waals surface area (Å²) in [6.45, 7) is 0.333. The molecule has 25 heavy (non-hydrogen) atoms. The molecule has 2 heterocycles. The zero-order chi connectivity index (χ0) is 17.2. The largest absolute Gasteiger partial charge is 0.424 e. The topological polar surface area (TPSA) is 59.5 Å². The molecule has 3 aromatic rings. The van der Waals surface area contributed by atoms with Crippen LogP contribution < -0.4 is 9.64 Å². The first-order valence-electron chi connectivity index (χ1n) is 8.13. The number of ether oxygens (including phenoxy) is 1. The van der Waals surface area contributed by atoms with E-state index in [1.807, 2.05) is 54.6 Å². The third kappa shape index (κ3) is 2.96. The van der Waals surface area contributed by atoms with Gasteiger partial charge in [-0.15, -0.1) is 0 Å². The molecule has 1 aliphatic heterocycles. The van der Waals surface area contributed by atoms with Gasteiger partial charge in [0.15, 0.2) is 5.75 Å². The molecule has 1 aromatic heterocycles. The van der Waals surface area contributed by atoms with Crippen LogP contribution >= 0.6 is 0 Å². The van der Waals surface area contributed by atoms with Gasteiger partial charge in [-0.1, -0.05) is 36.4 Å². The van der Waals surface area contributed by atoms with Crippen LogP contribution in [0.25, 0.3) is 10.9 Å². The second-order valence-corrected chi connectivity index (χ2v) is 5.99. The van der Waals surface area contributed by atoms with Gasteiger partial charge in [0, 0.05) is 30.2 Å². The Bertz CT molecular complexity index is 935. The summed E-state index contributed by atoms with van der Waals surface area (Å²) in [5, 5.41) is 0.904. The molecule has 1 atom stereocenters. The Morgan fingerprint density at radius 2 is 1.84 bits per heavy atom. The van der Waals surface area contributed by atoms with Crippen molar-refractivity contribution in [1.29, 1.82) is 0 Å². The van der Waals surface area contributed by atoms with E-state index in [-0.39, 0.29) is 12.3 Å². The molecule has 0 bridgehead atoms. The molecular weight excluding hydrogens is 316 g/mol. The number of carbonyl (C=O) groups is 2. The lowest BCUT2D eigenvalue weighted by molar-refractivity contribution is -0.139. The SMILES string of the molecule is O=C(Oc1cccc2cccnc12)[C@H]1CC(=O)N(c2ccccc2)C1. The average Bonchev–Trinajstić information content (AvgIpc) is 3.05. The summed E-state index contributed by atoms with van der Waals surface area (Å²) in [6.07, 6.45) is 1.82. The first-order chi connectivity index (χ1) is 12.2. The second-order valence-electron chi connectivity index (χ2n) is 5.99. The summed E-state index contributed by atoms with van der Waals surface area (Å²) in [4.78, 5) is 30.7. The molecule has 1 aliphatic rings. The summed E-state index contributed by atoms with van der Waals surface area (Å²) in [5.74, 6) is -0.519. The van der Waals surface area contributed by atoms with Crippen LogP contribution in [0.2, 0.25) is 0 Å². The molecule has 4 rings (SSSR count). The quantitative estimate of drug-likeness (QED) is 0.546. The summed E-state index contributed by atoms with van der Waals surface area (Å²) in [6, 6.07) is 18.6. The summed E-state index contributed by atoms with van der Waals surface area (Å²) in [5.41, 5.74) is 1.44.